The molecule has 0 aliphatic rings. The van der Waals surface area contributed by atoms with Crippen molar-refractivity contribution in [1.29, 1.82) is 0 Å². The predicted octanol–water partition coefficient (Wildman–Crippen LogP) is 2.39. The predicted molar refractivity (Wildman–Crippen MR) is 68.0 cm³/mol. The lowest BCUT2D eigenvalue weighted by molar-refractivity contribution is -0.385. The Balaban J connectivity index is 2.77. The molecule has 0 aliphatic heterocycles. The second-order valence-electron chi connectivity index (χ2n) is 4.14. The number of rotatable bonds is 2. The fraction of sp³-hybridized carbons (Fsp3) is 0.167. The summed E-state index contributed by atoms with van der Waals surface area (Å²) in [6, 6.07) is 4.12. The van der Waals surface area contributed by atoms with Crippen molar-refractivity contribution in [2.75, 3.05) is 5.73 Å². The van der Waals surface area contributed by atoms with E-state index in [2.05, 4.69) is 9.97 Å². The summed E-state index contributed by atoms with van der Waals surface area (Å²) in [5.41, 5.74) is 6.36. The van der Waals surface area contributed by atoms with Crippen molar-refractivity contribution in [2.24, 2.45) is 0 Å². The second kappa shape index (κ2) is 4.60. The molecule has 0 saturated carbocycles. The number of nitrogens with two attached hydrogens (primary N) is 1. The first-order valence-corrected chi connectivity index (χ1v) is 5.44. The number of aryl methyl sites for hydroxylation is 2. The molecule has 0 atom stereocenters. The van der Waals surface area contributed by atoms with Crippen molar-refractivity contribution in [1.82, 2.24) is 9.97 Å². The molecule has 6 nitrogen and oxygen atoms in total. The van der Waals surface area contributed by atoms with Gasteiger partial charge in [-0.25, -0.2) is 14.4 Å². The zero-order valence-electron chi connectivity index (χ0n) is 10.3. The average molecular weight is 262 g/mol. The standard InChI is InChI=1S/C12H11FN4O2/c1-6-3-8(5-9(13)4-6)10-11(17(18)19)7(2)15-12(14)16-10/h3-5H,1-2H3,(H2,14,15,16). The molecule has 0 unspecified atom stereocenters. The molecular weight excluding hydrogens is 251 g/mol. The average Bonchev–Trinajstić information content (AvgIpc) is 2.25. The number of hydrogen-bond donors (Lipinski definition) is 1. The van der Waals surface area contributed by atoms with Crippen molar-refractivity contribution in [3.05, 3.63) is 45.4 Å². The van der Waals surface area contributed by atoms with Gasteiger partial charge in [0.05, 0.1) is 4.92 Å². The van der Waals surface area contributed by atoms with Gasteiger partial charge in [0.25, 0.3) is 0 Å². The zero-order chi connectivity index (χ0) is 14.2. The number of anilines is 1. The van der Waals surface area contributed by atoms with E-state index in [0.717, 1.165) is 0 Å². The van der Waals surface area contributed by atoms with Gasteiger partial charge < -0.3 is 5.73 Å². The highest BCUT2D eigenvalue weighted by Gasteiger charge is 2.23. The van der Waals surface area contributed by atoms with Crippen molar-refractivity contribution in [3.63, 3.8) is 0 Å². The maximum atomic E-state index is 13.4. The molecule has 2 N–H and O–H groups in total. The summed E-state index contributed by atoms with van der Waals surface area (Å²) < 4.78 is 13.4. The number of benzene rings is 1. The minimum Gasteiger partial charge on any atom is -0.368 e. The monoisotopic (exact) mass is 262 g/mol. The number of hydrogen-bond acceptors (Lipinski definition) is 5. The van der Waals surface area contributed by atoms with Crippen LogP contribution < -0.4 is 5.73 Å². The molecule has 1 aromatic heterocycles. The van der Waals surface area contributed by atoms with Gasteiger partial charge in [0.2, 0.25) is 5.95 Å². The normalized spacial score (nSPS) is 10.5. The Kier molecular flexibility index (Phi) is 3.12. The van der Waals surface area contributed by atoms with Crippen LogP contribution in [0.3, 0.4) is 0 Å². The van der Waals surface area contributed by atoms with Crippen LogP contribution in [0.5, 0.6) is 0 Å². The third-order valence-corrected chi connectivity index (χ3v) is 2.57. The molecule has 0 aliphatic carbocycles. The number of halogens is 1. The molecule has 0 amide bonds. The van der Waals surface area contributed by atoms with Gasteiger partial charge in [-0.05, 0) is 37.6 Å². The summed E-state index contributed by atoms with van der Waals surface area (Å²) >= 11 is 0. The Bertz CT molecular complexity index is 653. The van der Waals surface area contributed by atoms with E-state index in [0.29, 0.717) is 11.1 Å². The summed E-state index contributed by atoms with van der Waals surface area (Å²) in [6.07, 6.45) is 0. The van der Waals surface area contributed by atoms with Gasteiger partial charge >= 0.3 is 5.69 Å². The van der Waals surface area contributed by atoms with Crippen LogP contribution in [0.1, 0.15) is 11.3 Å². The zero-order valence-corrected chi connectivity index (χ0v) is 10.3. The third-order valence-electron chi connectivity index (χ3n) is 2.57. The lowest BCUT2D eigenvalue weighted by Crippen LogP contribution is -2.05. The van der Waals surface area contributed by atoms with E-state index in [1.807, 2.05) is 0 Å². The van der Waals surface area contributed by atoms with Gasteiger partial charge in [0.15, 0.2) is 5.69 Å². The molecule has 0 radical (unpaired) electrons. The van der Waals surface area contributed by atoms with E-state index in [1.54, 1.807) is 13.0 Å². The molecule has 0 spiro atoms. The molecule has 1 heterocycles. The second-order valence-corrected chi connectivity index (χ2v) is 4.14. The molecule has 19 heavy (non-hydrogen) atoms. The number of aromatic nitrogens is 2. The van der Waals surface area contributed by atoms with Crippen LogP contribution in [0, 0.1) is 29.8 Å². The summed E-state index contributed by atoms with van der Waals surface area (Å²) in [7, 11) is 0. The summed E-state index contributed by atoms with van der Waals surface area (Å²) in [5, 5.41) is 11.1. The fourth-order valence-corrected chi connectivity index (χ4v) is 1.88. The van der Waals surface area contributed by atoms with Crippen molar-refractivity contribution in [2.45, 2.75) is 13.8 Å². The Morgan fingerprint density at radius 1 is 1.26 bits per heavy atom. The Labute approximate surface area is 108 Å². The number of nitrogens with zero attached hydrogens (tertiary/aromatic N) is 3. The van der Waals surface area contributed by atoms with E-state index in [-0.39, 0.29) is 23.0 Å². The molecule has 1 aromatic carbocycles. The molecule has 0 fully saturated rings. The Hall–Kier alpha value is -2.57. The molecule has 0 saturated heterocycles. The van der Waals surface area contributed by atoms with Gasteiger partial charge in [-0.15, -0.1) is 0 Å². The highest BCUT2D eigenvalue weighted by Crippen LogP contribution is 2.31. The fourth-order valence-electron chi connectivity index (χ4n) is 1.88. The van der Waals surface area contributed by atoms with Crippen LogP contribution in [0.2, 0.25) is 0 Å². The van der Waals surface area contributed by atoms with E-state index in [4.69, 9.17) is 5.73 Å². The Morgan fingerprint density at radius 3 is 2.53 bits per heavy atom. The smallest absolute Gasteiger partial charge is 0.316 e. The van der Waals surface area contributed by atoms with Gasteiger partial charge in [0.1, 0.15) is 11.5 Å². The SMILES string of the molecule is Cc1cc(F)cc(-c2nc(N)nc(C)c2[N+](=O)[O-])c1. The lowest BCUT2D eigenvalue weighted by Gasteiger charge is -2.06. The highest BCUT2D eigenvalue weighted by molar-refractivity contribution is 5.72. The number of nitrogen functional groups attached to an aromatic ring is 1. The van der Waals surface area contributed by atoms with Gasteiger partial charge in [-0.2, -0.15) is 0 Å². The van der Waals surface area contributed by atoms with E-state index in [1.165, 1.54) is 19.1 Å². The maximum absolute atomic E-state index is 13.4. The van der Waals surface area contributed by atoms with Crippen molar-refractivity contribution >= 4 is 11.6 Å². The van der Waals surface area contributed by atoms with Crippen LogP contribution >= 0.6 is 0 Å². The van der Waals surface area contributed by atoms with Crippen LogP contribution in [0.15, 0.2) is 18.2 Å². The molecule has 2 aromatic rings. The van der Waals surface area contributed by atoms with Gasteiger partial charge in [-0.1, -0.05) is 0 Å². The molecule has 7 heteroatoms. The molecule has 0 bridgehead atoms. The summed E-state index contributed by atoms with van der Waals surface area (Å²) in [6.45, 7) is 3.15. The maximum Gasteiger partial charge on any atom is 0.316 e. The van der Waals surface area contributed by atoms with Gasteiger partial charge in [0, 0.05) is 5.56 Å². The summed E-state index contributed by atoms with van der Waals surface area (Å²) in [4.78, 5) is 18.1. The van der Waals surface area contributed by atoms with Crippen LogP contribution in [0.4, 0.5) is 16.0 Å². The van der Waals surface area contributed by atoms with E-state index >= 15 is 0 Å². The first-order chi connectivity index (χ1) is 8.88. The van der Waals surface area contributed by atoms with Crippen LogP contribution in [0.25, 0.3) is 11.3 Å². The lowest BCUT2D eigenvalue weighted by atomic mass is 10.1. The van der Waals surface area contributed by atoms with Crippen LogP contribution in [-0.4, -0.2) is 14.9 Å². The quantitative estimate of drug-likeness (QED) is 0.662. The first-order valence-electron chi connectivity index (χ1n) is 5.44. The minimum atomic E-state index is -0.593. The summed E-state index contributed by atoms with van der Waals surface area (Å²) in [5.74, 6) is -0.570. The third kappa shape index (κ3) is 2.49. The van der Waals surface area contributed by atoms with Crippen LogP contribution in [-0.2, 0) is 0 Å². The minimum absolute atomic E-state index is 0.0256. The van der Waals surface area contributed by atoms with Gasteiger partial charge in [-0.3, -0.25) is 10.1 Å². The largest absolute Gasteiger partial charge is 0.368 e. The number of nitro groups is 1. The van der Waals surface area contributed by atoms with E-state index < -0.39 is 10.7 Å². The van der Waals surface area contributed by atoms with Crippen molar-refractivity contribution < 1.29 is 9.31 Å². The topological polar surface area (TPSA) is 94.9 Å². The van der Waals surface area contributed by atoms with E-state index in [9.17, 15) is 14.5 Å². The first kappa shape index (κ1) is 12.9. The highest BCUT2D eigenvalue weighted by atomic mass is 19.1. The molecule has 2 rings (SSSR count). The molecular formula is C12H11FN4O2. The Morgan fingerprint density at radius 2 is 1.95 bits per heavy atom. The van der Waals surface area contributed by atoms with Crippen molar-refractivity contribution in [3.8, 4) is 11.3 Å². The molecule has 98 valence electrons.